The molecule has 0 fully saturated rings. The SMILES string of the molecule is Cc1cccc(-c2nc(Cl)c3cc4c(cc3n2)OCO4)c1. The summed E-state index contributed by atoms with van der Waals surface area (Å²) in [6.45, 7) is 2.26. The third kappa shape index (κ3) is 2.08. The average Bonchev–Trinajstić information content (AvgIpc) is 2.92. The largest absolute Gasteiger partial charge is 0.454 e. The lowest BCUT2D eigenvalue weighted by Crippen LogP contribution is -1.92. The Morgan fingerprint density at radius 3 is 2.67 bits per heavy atom. The van der Waals surface area contributed by atoms with Gasteiger partial charge in [-0.1, -0.05) is 35.4 Å². The van der Waals surface area contributed by atoms with E-state index in [9.17, 15) is 0 Å². The van der Waals surface area contributed by atoms with Gasteiger partial charge in [-0.2, -0.15) is 0 Å². The van der Waals surface area contributed by atoms with Crippen LogP contribution in [-0.2, 0) is 0 Å². The molecule has 0 spiro atoms. The third-order valence-corrected chi connectivity index (χ3v) is 3.71. The molecule has 104 valence electrons. The minimum Gasteiger partial charge on any atom is -0.454 e. The molecule has 0 unspecified atom stereocenters. The van der Waals surface area contributed by atoms with Crippen LogP contribution in [-0.4, -0.2) is 16.8 Å². The maximum absolute atomic E-state index is 6.31. The van der Waals surface area contributed by atoms with Crippen LogP contribution in [0.15, 0.2) is 36.4 Å². The molecular weight excluding hydrogens is 288 g/mol. The molecule has 0 saturated carbocycles. The first-order chi connectivity index (χ1) is 10.2. The first kappa shape index (κ1) is 12.4. The lowest BCUT2D eigenvalue weighted by molar-refractivity contribution is 0.174. The Labute approximate surface area is 126 Å². The van der Waals surface area contributed by atoms with Crippen molar-refractivity contribution in [1.82, 2.24) is 9.97 Å². The topological polar surface area (TPSA) is 44.2 Å². The van der Waals surface area contributed by atoms with Crippen molar-refractivity contribution in [3.63, 3.8) is 0 Å². The van der Waals surface area contributed by atoms with E-state index in [2.05, 4.69) is 9.97 Å². The minimum absolute atomic E-state index is 0.224. The number of hydrogen-bond donors (Lipinski definition) is 0. The maximum Gasteiger partial charge on any atom is 0.231 e. The summed E-state index contributed by atoms with van der Waals surface area (Å²) in [5, 5.41) is 1.17. The van der Waals surface area contributed by atoms with Crippen molar-refractivity contribution in [1.29, 1.82) is 0 Å². The van der Waals surface area contributed by atoms with E-state index in [-0.39, 0.29) is 6.79 Å². The molecule has 3 aromatic rings. The molecule has 1 aliphatic heterocycles. The van der Waals surface area contributed by atoms with Gasteiger partial charge < -0.3 is 9.47 Å². The van der Waals surface area contributed by atoms with Gasteiger partial charge in [0.05, 0.1) is 5.52 Å². The summed E-state index contributed by atoms with van der Waals surface area (Å²) in [4.78, 5) is 8.99. The van der Waals surface area contributed by atoms with Crippen molar-refractivity contribution in [3.05, 3.63) is 47.1 Å². The Balaban J connectivity index is 1.94. The van der Waals surface area contributed by atoms with Crippen LogP contribution in [0.2, 0.25) is 5.15 Å². The lowest BCUT2D eigenvalue weighted by atomic mass is 10.1. The van der Waals surface area contributed by atoms with Crippen LogP contribution in [0.3, 0.4) is 0 Å². The molecule has 0 N–H and O–H groups in total. The number of rotatable bonds is 1. The van der Waals surface area contributed by atoms with Crippen LogP contribution in [0.1, 0.15) is 5.56 Å². The van der Waals surface area contributed by atoms with Crippen LogP contribution in [0.4, 0.5) is 0 Å². The number of fused-ring (bicyclic) bond motifs is 2. The van der Waals surface area contributed by atoms with Crippen molar-refractivity contribution in [2.75, 3.05) is 6.79 Å². The van der Waals surface area contributed by atoms with Crippen molar-refractivity contribution < 1.29 is 9.47 Å². The number of benzene rings is 2. The van der Waals surface area contributed by atoms with Crippen molar-refractivity contribution in [2.24, 2.45) is 0 Å². The third-order valence-electron chi connectivity index (χ3n) is 3.42. The molecule has 4 rings (SSSR count). The van der Waals surface area contributed by atoms with Crippen LogP contribution >= 0.6 is 11.6 Å². The van der Waals surface area contributed by atoms with Gasteiger partial charge in [-0.3, -0.25) is 0 Å². The molecule has 0 saturated heterocycles. The average molecular weight is 299 g/mol. The van der Waals surface area contributed by atoms with E-state index < -0.39 is 0 Å². The summed E-state index contributed by atoms with van der Waals surface area (Å²) in [5.41, 5.74) is 2.84. The standard InChI is InChI=1S/C16H11ClN2O2/c1-9-3-2-4-10(5-9)16-18-12-7-14-13(20-8-21-14)6-11(12)15(17)19-16/h2-7H,8H2,1H3. The van der Waals surface area contributed by atoms with E-state index in [0.717, 1.165) is 22.0 Å². The lowest BCUT2D eigenvalue weighted by Gasteiger charge is -2.06. The van der Waals surface area contributed by atoms with Crippen molar-refractivity contribution in [3.8, 4) is 22.9 Å². The number of ether oxygens (including phenoxy) is 2. The molecule has 0 aliphatic carbocycles. The van der Waals surface area contributed by atoms with Crippen molar-refractivity contribution in [2.45, 2.75) is 6.92 Å². The molecule has 5 heteroatoms. The minimum atomic E-state index is 0.224. The summed E-state index contributed by atoms with van der Waals surface area (Å²) in [6.07, 6.45) is 0. The second-order valence-electron chi connectivity index (χ2n) is 4.93. The molecular formula is C16H11ClN2O2. The van der Waals surface area contributed by atoms with Gasteiger partial charge in [0.1, 0.15) is 5.15 Å². The molecule has 0 amide bonds. The Hall–Kier alpha value is -2.33. The summed E-state index contributed by atoms with van der Waals surface area (Å²) in [7, 11) is 0. The highest BCUT2D eigenvalue weighted by Gasteiger charge is 2.17. The van der Waals surface area contributed by atoms with Crippen LogP contribution < -0.4 is 9.47 Å². The molecule has 2 heterocycles. The van der Waals surface area contributed by atoms with Gasteiger partial charge in [0.2, 0.25) is 6.79 Å². The highest BCUT2D eigenvalue weighted by molar-refractivity contribution is 6.34. The van der Waals surface area contributed by atoms with Crippen molar-refractivity contribution >= 4 is 22.5 Å². The van der Waals surface area contributed by atoms with Crippen LogP contribution in [0.25, 0.3) is 22.3 Å². The second kappa shape index (κ2) is 4.60. The first-order valence-corrected chi connectivity index (χ1v) is 6.92. The summed E-state index contributed by atoms with van der Waals surface area (Å²) in [6, 6.07) is 11.7. The number of hydrogen-bond acceptors (Lipinski definition) is 4. The van der Waals surface area contributed by atoms with Gasteiger partial charge in [0.25, 0.3) is 0 Å². The fourth-order valence-corrected chi connectivity index (χ4v) is 2.63. The molecule has 0 atom stereocenters. The molecule has 2 aromatic carbocycles. The summed E-state index contributed by atoms with van der Waals surface area (Å²) in [5.74, 6) is 1.97. The fraction of sp³-hybridized carbons (Fsp3) is 0.125. The van der Waals surface area contributed by atoms with E-state index in [1.165, 1.54) is 0 Å². The Kier molecular flexibility index (Phi) is 2.72. The predicted molar refractivity (Wildman–Crippen MR) is 80.8 cm³/mol. The normalized spacial score (nSPS) is 12.9. The van der Waals surface area contributed by atoms with Gasteiger partial charge in [0.15, 0.2) is 17.3 Å². The van der Waals surface area contributed by atoms with E-state index in [1.807, 2.05) is 43.3 Å². The Morgan fingerprint density at radius 2 is 1.86 bits per heavy atom. The highest BCUT2D eigenvalue weighted by Crippen LogP contribution is 2.37. The zero-order valence-corrected chi connectivity index (χ0v) is 12.0. The van der Waals surface area contributed by atoms with Gasteiger partial charge in [-0.25, -0.2) is 9.97 Å². The molecule has 0 bridgehead atoms. The number of aryl methyl sites for hydroxylation is 1. The zero-order chi connectivity index (χ0) is 14.4. The number of halogens is 1. The Bertz CT molecular complexity index is 864. The first-order valence-electron chi connectivity index (χ1n) is 6.55. The van der Waals surface area contributed by atoms with Gasteiger partial charge in [-0.05, 0) is 19.1 Å². The van der Waals surface area contributed by atoms with Gasteiger partial charge >= 0.3 is 0 Å². The van der Waals surface area contributed by atoms with E-state index in [1.54, 1.807) is 0 Å². The maximum atomic E-state index is 6.31. The predicted octanol–water partition coefficient (Wildman–Crippen LogP) is 3.99. The summed E-state index contributed by atoms with van der Waals surface area (Å²) < 4.78 is 10.7. The smallest absolute Gasteiger partial charge is 0.231 e. The second-order valence-corrected chi connectivity index (χ2v) is 5.29. The van der Waals surface area contributed by atoms with E-state index in [4.69, 9.17) is 21.1 Å². The summed E-state index contributed by atoms with van der Waals surface area (Å²) >= 11 is 6.31. The Morgan fingerprint density at radius 1 is 1.05 bits per heavy atom. The van der Waals surface area contributed by atoms with E-state index in [0.29, 0.717) is 22.5 Å². The molecule has 21 heavy (non-hydrogen) atoms. The van der Waals surface area contributed by atoms with Crippen LogP contribution in [0.5, 0.6) is 11.5 Å². The van der Waals surface area contributed by atoms with E-state index >= 15 is 0 Å². The molecule has 1 aliphatic rings. The zero-order valence-electron chi connectivity index (χ0n) is 11.3. The van der Waals surface area contributed by atoms with Crippen LogP contribution in [0, 0.1) is 6.92 Å². The molecule has 0 radical (unpaired) electrons. The quantitative estimate of drug-likeness (QED) is 0.637. The number of nitrogens with zero attached hydrogens (tertiary/aromatic N) is 2. The monoisotopic (exact) mass is 298 g/mol. The van der Waals surface area contributed by atoms with Gasteiger partial charge in [-0.15, -0.1) is 0 Å². The highest BCUT2D eigenvalue weighted by atomic mass is 35.5. The fourth-order valence-electron chi connectivity index (χ4n) is 2.39. The molecule has 1 aromatic heterocycles. The van der Waals surface area contributed by atoms with Gasteiger partial charge in [0, 0.05) is 17.0 Å². The molecule has 4 nitrogen and oxygen atoms in total. The number of aromatic nitrogens is 2.